The monoisotopic (exact) mass is 701 g/mol. The van der Waals surface area contributed by atoms with E-state index in [-0.39, 0.29) is 0 Å². The Bertz CT molecular complexity index is 3320. The van der Waals surface area contributed by atoms with E-state index in [0.29, 0.717) is 5.95 Å². The van der Waals surface area contributed by atoms with Crippen molar-refractivity contribution in [1.29, 1.82) is 0 Å². The second kappa shape index (κ2) is 11.5. The second-order valence-electron chi connectivity index (χ2n) is 14.2. The summed E-state index contributed by atoms with van der Waals surface area (Å²) in [5, 5.41) is 5.87. The van der Waals surface area contributed by atoms with Gasteiger partial charge in [0.2, 0.25) is 5.95 Å². The van der Waals surface area contributed by atoms with E-state index in [4.69, 9.17) is 9.97 Å². The Kier molecular flexibility index (Phi) is 6.27. The maximum atomic E-state index is 5.48. The van der Waals surface area contributed by atoms with E-state index in [2.05, 4.69) is 202 Å². The number of hydrogen-bond donors (Lipinski definition) is 0. The summed E-state index contributed by atoms with van der Waals surface area (Å²) in [6.07, 6.45) is 0. The first-order chi connectivity index (χ1) is 27.3. The molecular formula is C50H31N5. The predicted octanol–water partition coefficient (Wildman–Crippen LogP) is 12.9. The fraction of sp³-hybridized carbons (Fsp3) is 0. The third kappa shape index (κ3) is 4.35. The molecule has 5 nitrogen and oxygen atoms in total. The maximum Gasteiger partial charge on any atom is 0.235 e. The summed E-state index contributed by atoms with van der Waals surface area (Å²) < 4.78 is 4.62. The number of para-hydroxylation sites is 5. The highest BCUT2D eigenvalue weighted by atomic mass is 15.2. The van der Waals surface area contributed by atoms with Crippen molar-refractivity contribution in [3.05, 3.63) is 188 Å². The average Bonchev–Trinajstić information content (AvgIpc) is 3.76. The van der Waals surface area contributed by atoms with Crippen LogP contribution in [0.5, 0.6) is 0 Å². The summed E-state index contributed by atoms with van der Waals surface area (Å²) in [5.41, 5.74) is 14.2. The van der Waals surface area contributed by atoms with Crippen molar-refractivity contribution in [2.75, 3.05) is 4.90 Å². The standard InChI is InChI=1S/C50H31N5/c1-3-14-34(15-4-1)53-42-22-10-8-19-37(42)40-30-32(27-29-45(40)53)33-26-28-38-36-18-7-11-23-43(36)55(47(38)31-33)50-51-41-21-13-25-46-48(41)49(52-50)39-20-9-12-24-44(39)54(46)35-16-5-2-6-17-35/h1-31H. The molecule has 12 rings (SSSR count). The number of benzene rings is 8. The molecule has 0 spiro atoms. The molecule has 0 radical (unpaired) electrons. The van der Waals surface area contributed by atoms with Crippen LogP contribution < -0.4 is 4.90 Å². The highest BCUT2D eigenvalue weighted by Crippen LogP contribution is 2.50. The Hall–Kier alpha value is -7.50. The zero-order chi connectivity index (χ0) is 36.0. The van der Waals surface area contributed by atoms with Gasteiger partial charge < -0.3 is 9.47 Å². The molecule has 4 heterocycles. The summed E-state index contributed by atoms with van der Waals surface area (Å²) >= 11 is 0. The summed E-state index contributed by atoms with van der Waals surface area (Å²) in [7, 11) is 0. The topological polar surface area (TPSA) is 38.9 Å². The Morgan fingerprint density at radius 3 is 1.78 bits per heavy atom. The van der Waals surface area contributed by atoms with Gasteiger partial charge in [-0.3, -0.25) is 4.57 Å². The summed E-state index contributed by atoms with van der Waals surface area (Å²) in [6.45, 7) is 0. The van der Waals surface area contributed by atoms with E-state index in [1.165, 1.54) is 32.6 Å². The zero-order valence-electron chi connectivity index (χ0n) is 29.6. The molecule has 256 valence electrons. The number of hydrogen-bond acceptors (Lipinski definition) is 3. The fourth-order valence-electron chi connectivity index (χ4n) is 8.86. The van der Waals surface area contributed by atoms with Gasteiger partial charge in [-0.1, -0.05) is 115 Å². The number of rotatable bonds is 4. The quantitative estimate of drug-likeness (QED) is 0.183. The van der Waals surface area contributed by atoms with Gasteiger partial charge in [-0.15, -0.1) is 0 Å². The van der Waals surface area contributed by atoms with E-state index in [0.717, 1.165) is 67.1 Å². The van der Waals surface area contributed by atoms with Crippen molar-refractivity contribution in [2.45, 2.75) is 0 Å². The van der Waals surface area contributed by atoms with Crippen molar-refractivity contribution in [3.63, 3.8) is 0 Å². The van der Waals surface area contributed by atoms with Crippen LogP contribution in [0, 0.1) is 0 Å². The fourth-order valence-corrected chi connectivity index (χ4v) is 8.86. The highest BCUT2D eigenvalue weighted by molar-refractivity contribution is 6.14. The third-order valence-electron chi connectivity index (χ3n) is 11.2. The number of fused-ring (bicyclic) bond motifs is 8. The van der Waals surface area contributed by atoms with Crippen LogP contribution in [0.15, 0.2) is 188 Å². The molecule has 0 aliphatic carbocycles. The Morgan fingerprint density at radius 1 is 0.364 bits per heavy atom. The van der Waals surface area contributed by atoms with E-state index >= 15 is 0 Å². The van der Waals surface area contributed by atoms with Gasteiger partial charge in [0.05, 0.1) is 50.0 Å². The van der Waals surface area contributed by atoms with Crippen LogP contribution in [0.2, 0.25) is 0 Å². The molecular weight excluding hydrogens is 671 g/mol. The summed E-state index contributed by atoms with van der Waals surface area (Å²) in [6, 6.07) is 67.1. The van der Waals surface area contributed by atoms with Crippen LogP contribution in [0.4, 0.5) is 17.1 Å². The van der Waals surface area contributed by atoms with E-state index in [1.54, 1.807) is 0 Å². The molecule has 1 aliphatic rings. The lowest BCUT2D eigenvalue weighted by molar-refractivity contribution is 1.01. The SMILES string of the molecule is c1ccc(N2c3ccccc3-c3nc(-n4c5ccccc5c5ccc(-c6ccc7c(c6)c6ccccc6n7-c6ccccc6)cc54)nc4cccc2c34)cc1. The molecule has 0 unspecified atom stereocenters. The third-order valence-corrected chi connectivity index (χ3v) is 11.2. The molecule has 0 atom stereocenters. The van der Waals surface area contributed by atoms with Crippen molar-refractivity contribution in [1.82, 2.24) is 19.1 Å². The molecule has 55 heavy (non-hydrogen) atoms. The maximum absolute atomic E-state index is 5.48. The molecule has 3 aromatic heterocycles. The molecule has 0 amide bonds. The largest absolute Gasteiger partial charge is 0.309 e. The summed E-state index contributed by atoms with van der Waals surface area (Å²) in [4.78, 5) is 13.2. The highest BCUT2D eigenvalue weighted by Gasteiger charge is 2.28. The first-order valence-corrected chi connectivity index (χ1v) is 18.7. The average molecular weight is 702 g/mol. The van der Waals surface area contributed by atoms with Crippen LogP contribution in [0.1, 0.15) is 0 Å². The lowest BCUT2D eigenvalue weighted by Gasteiger charge is -2.32. The minimum absolute atomic E-state index is 0.660. The molecule has 5 heteroatoms. The lowest BCUT2D eigenvalue weighted by atomic mass is 9.96. The van der Waals surface area contributed by atoms with Gasteiger partial charge >= 0.3 is 0 Å². The number of anilines is 3. The van der Waals surface area contributed by atoms with E-state index < -0.39 is 0 Å². The van der Waals surface area contributed by atoms with Gasteiger partial charge in [0, 0.05) is 38.5 Å². The van der Waals surface area contributed by atoms with Crippen LogP contribution in [-0.4, -0.2) is 19.1 Å². The molecule has 11 aromatic rings. The normalized spacial score (nSPS) is 12.3. The van der Waals surface area contributed by atoms with Crippen LogP contribution >= 0.6 is 0 Å². The van der Waals surface area contributed by atoms with Crippen LogP contribution in [0.25, 0.3) is 88.5 Å². The molecule has 1 aliphatic heterocycles. The van der Waals surface area contributed by atoms with Crippen molar-refractivity contribution in [2.24, 2.45) is 0 Å². The molecule has 0 fully saturated rings. The second-order valence-corrected chi connectivity index (χ2v) is 14.2. The van der Waals surface area contributed by atoms with Crippen LogP contribution in [-0.2, 0) is 0 Å². The van der Waals surface area contributed by atoms with Crippen molar-refractivity contribution in [3.8, 4) is 34.0 Å². The number of nitrogens with zero attached hydrogens (tertiary/aromatic N) is 5. The number of aromatic nitrogens is 4. The molecule has 8 aromatic carbocycles. The molecule has 0 saturated heterocycles. The van der Waals surface area contributed by atoms with Crippen molar-refractivity contribution >= 4 is 71.6 Å². The minimum Gasteiger partial charge on any atom is -0.309 e. The van der Waals surface area contributed by atoms with E-state index in [9.17, 15) is 0 Å². The van der Waals surface area contributed by atoms with Crippen LogP contribution in [0.3, 0.4) is 0 Å². The lowest BCUT2D eigenvalue weighted by Crippen LogP contribution is -2.16. The van der Waals surface area contributed by atoms with Gasteiger partial charge in [-0.25, -0.2) is 9.97 Å². The smallest absolute Gasteiger partial charge is 0.235 e. The van der Waals surface area contributed by atoms with Gasteiger partial charge in [0.25, 0.3) is 0 Å². The van der Waals surface area contributed by atoms with Gasteiger partial charge in [0.15, 0.2) is 0 Å². The first kappa shape index (κ1) is 30.0. The van der Waals surface area contributed by atoms with Gasteiger partial charge in [0.1, 0.15) is 0 Å². The molecule has 0 bridgehead atoms. The Balaban J connectivity index is 1.09. The first-order valence-electron chi connectivity index (χ1n) is 18.7. The molecule has 0 saturated carbocycles. The summed E-state index contributed by atoms with van der Waals surface area (Å²) in [5.74, 6) is 0.660. The Labute approximate surface area is 316 Å². The Morgan fingerprint density at radius 2 is 0.964 bits per heavy atom. The predicted molar refractivity (Wildman–Crippen MR) is 227 cm³/mol. The van der Waals surface area contributed by atoms with E-state index in [1.807, 2.05) is 0 Å². The molecule has 0 N–H and O–H groups in total. The van der Waals surface area contributed by atoms with Crippen molar-refractivity contribution < 1.29 is 0 Å². The minimum atomic E-state index is 0.660. The van der Waals surface area contributed by atoms with Gasteiger partial charge in [-0.05, 0) is 83.9 Å². The van der Waals surface area contributed by atoms with Gasteiger partial charge in [-0.2, -0.15) is 0 Å². The zero-order valence-corrected chi connectivity index (χ0v) is 29.6.